The molecule has 0 spiro atoms. The molecular weight excluding hydrogens is 406 g/mol. The Morgan fingerprint density at radius 1 is 1.26 bits per heavy atom. The molecule has 0 saturated carbocycles. The minimum Gasteiger partial charge on any atom is -0.493 e. The van der Waals surface area contributed by atoms with Crippen LogP contribution in [-0.2, 0) is 6.54 Å². The normalized spacial score (nSPS) is 16.9. The average molecular weight is 438 g/mol. The lowest BCUT2D eigenvalue weighted by molar-refractivity contribution is 0.0831. The first-order valence-electron chi connectivity index (χ1n) is 11.0. The molecule has 3 aromatic rings. The maximum absolute atomic E-state index is 12.9. The van der Waals surface area contributed by atoms with E-state index in [1.165, 1.54) is 22.5 Å². The van der Waals surface area contributed by atoms with Gasteiger partial charge in [0.25, 0.3) is 5.91 Å². The number of pyridine rings is 1. The van der Waals surface area contributed by atoms with Crippen molar-refractivity contribution in [1.29, 1.82) is 0 Å². The summed E-state index contributed by atoms with van der Waals surface area (Å²) >= 11 is 1.52. The predicted molar refractivity (Wildman–Crippen MR) is 127 cm³/mol. The van der Waals surface area contributed by atoms with Gasteiger partial charge in [-0.3, -0.25) is 9.69 Å². The Balaban J connectivity index is 1.56. The third kappa shape index (κ3) is 4.75. The van der Waals surface area contributed by atoms with E-state index in [0.29, 0.717) is 11.8 Å². The number of likely N-dealkylation sites (tertiary alicyclic amines) is 1. The lowest BCUT2D eigenvalue weighted by atomic mass is 9.95. The molecule has 1 saturated heterocycles. The average Bonchev–Trinajstić information content (AvgIpc) is 3.36. The van der Waals surface area contributed by atoms with Gasteiger partial charge in [-0.05, 0) is 36.6 Å². The van der Waals surface area contributed by atoms with Crippen molar-refractivity contribution >= 4 is 27.5 Å². The van der Waals surface area contributed by atoms with E-state index >= 15 is 0 Å². The number of benzene rings is 1. The highest BCUT2D eigenvalue weighted by molar-refractivity contribution is 7.20. The first kappa shape index (κ1) is 21.8. The zero-order chi connectivity index (χ0) is 22.0. The summed E-state index contributed by atoms with van der Waals surface area (Å²) in [5.41, 5.74) is 2.41. The number of hydrogen-bond donors (Lipinski definition) is 0. The van der Waals surface area contributed by atoms with Crippen LogP contribution in [0.4, 0.5) is 0 Å². The Morgan fingerprint density at radius 2 is 2.06 bits per heavy atom. The number of amides is 1. The van der Waals surface area contributed by atoms with Gasteiger partial charge in [-0.15, -0.1) is 11.3 Å². The summed E-state index contributed by atoms with van der Waals surface area (Å²) in [6.45, 7) is 7.87. The first-order valence-corrected chi connectivity index (χ1v) is 11.8. The molecule has 1 atom stereocenters. The van der Waals surface area contributed by atoms with Crippen LogP contribution in [0, 0.1) is 5.92 Å². The maximum Gasteiger partial charge on any atom is 0.263 e. The van der Waals surface area contributed by atoms with Gasteiger partial charge in [-0.2, -0.15) is 0 Å². The largest absolute Gasteiger partial charge is 0.493 e. The molecule has 6 heteroatoms. The number of thiophene rings is 1. The topological polar surface area (TPSA) is 45.7 Å². The van der Waals surface area contributed by atoms with Crippen LogP contribution in [0.2, 0.25) is 0 Å². The third-order valence-corrected chi connectivity index (χ3v) is 6.84. The predicted octanol–water partition coefficient (Wildman–Crippen LogP) is 5.02. The molecule has 0 aliphatic carbocycles. The van der Waals surface area contributed by atoms with Crippen LogP contribution >= 0.6 is 11.3 Å². The molecule has 1 aliphatic heterocycles. The Hall–Kier alpha value is -2.44. The molecule has 1 fully saturated rings. The number of rotatable bonds is 7. The number of ether oxygens (including phenoxy) is 1. The quantitative estimate of drug-likeness (QED) is 0.521. The zero-order valence-corrected chi connectivity index (χ0v) is 19.6. The van der Waals surface area contributed by atoms with Crippen molar-refractivity contribution in [3.63, 3.8) is 0 Å². The van der Waals surface area contributed by atoms with E-state index < -0.39 is 0 Å². The molecule has 0 radical (unpaired) electrons. The van der Waals surface area contributed by atoms with Gasteiger partial charge < -0.3 is 9.64 Å². The molecule has 3 heterocycles. The Morgan fingerprint density at radius 3 is 2.84 bits per heavy atom. The maximum atomic E-state index is 12.9. The van der Waals surface area contributed by atoms with Crippen molar-refractivity contribution in [1.82, 2.24) is 14.8 Å². The van der Waals surface area contributed by atoms with Crippen molar-refractivity contribution in [2.24, 2.45) is 5.92 Å². The Kier molecular flexibility index (Phi) is 6.58. The van der Waals surface area contributed by atoms with Crippen molar-refractivity contribution in [2.75, 3.05) is 33.8 Å². The summed E-state index contributed by atoms with van der Waals surface area (Å²) < 4.78 is 6.06. The van der Waals surface area contributed by atoms with Gasteiger partial charge in [0, 0.05) is 50.2 Å². The number of hydrogen-bond acceptors (Lipinski definition) is 5. The molecule has 1 unspecified atom stereocenters. The highest BCUT2D eigenvalue weighted by atomic mass is 32.1. The summed E-state index contributed by atoms with van der Waals surface area (Å²) in [5, 5.41) is 1.13. The molecule has 164 valence electrons. The second kappa shape index (κ2) is 9.37. The van der Waals surface area contributed by atoms with Crippen LogP contribution in [0.1, 0.15) is 47.0 Å². The van der Waals surface area contributed by atoms with Gasteiger partial charge in [0.2, 0.25) is 0 Å². The molecule has 31 heavy (non-hydrogen) atoms. The summed E-state index contributed by atoms with van der Waals surface area (Å²) in [6, 6.07) is 12.4. The van der Waals surface area contributed by atoms with Gasteiger partial charge in [-0.25, -0.2) is 4.98 Å². The second-order valence-electron chi connectivity index (χ2n) is 8.93. The molecule has 4 rings (SSSR count). The molecule has 1 aromatic carbocycles. The standard InChI is InChI=1S/C25H31N3O2S/c1-17(2)16-30-21-10-6-5-8-18(21)14-28-13-11-19(15-28)22-20-9-7-12-26-24(20)31-23(22)25(29)27(3)4/h5-10,12,17,19H,11,13-16H2,1-4H3. The fourth-order valence-electron chi connectivity index (χ4n) is 4.20. The smallest absolute Gasteiger partial charge is 0.263 e. The Labute approximate surface area is 188 Å². The summed E-state index contributed by atoms with van der Waals surface area (Å²) in [6.07, 6.45) is 2.85. The van der Waals surface area contributed by atoms with E-state index in [2.05, 4.69) is 48.0 Å². The van der Waals surface area contributed by atoms with Crippen LogP contribution in [0.3, 0.4) is 0 Å². The summed E-state index contributed by atoms with van der Waals surface area (Å²) in [4.78, 5) is 23.4. The number of aromatic nitrogens is 1. The Bertz CT molecular complexity index is 1060. The molecule has 0 N–H and O–H groups in total. The van der Waals surface area contributed by atoms with Crippen LogP contribution in [0.25, 0.3) is 10.2 Å². The lowest BCUT2D eigenvalue weighted by Gasteiger charge is -2.20. The number of para-hydroxylation sites is 1. The summed E-state index contributed by atoms with van der Waals surface area (Å²) in [5.74, 6) is 1.88. The molecule has 0 bridgehead atoms. The second-order valence-corrected chi connectivity index (χ2v) is 9.93. The monoisotopic (exact) mass is 437 g/mol. The van der Waals surface area contributed by atoms with Crippen molar-refractivity contribution in [3.8, 4) is 5.75 Å². The van der Waals surface area contributed by atoms with Crippen LogP contribution in [0.15, 0.2) is 42.6 Å². The zero-order valence-electron chi connectivity index (χ0n) is 18.8. The van der Waals surface area contributed by atoms with Crippen LogP contribution < -0.4 is 4.74 Å². The van der Waals surface area contributed by atoms with E-state index in [4.69, 9.17) is 4.74 Å². The fourth-order valence-corrected chi connectivity index (χ4v) is 5.45. The molecule has 2 aromatic heterocycles. The van der Waals surface area contributed by atoms with Gasteiger partial charge in [0.05, 0.1) is 11.5 Å². The van der Waals surface area contributed by atoms with Crippen LogP contribution in [-0.4, -0.2) is 54.5 Å². The van der Waals surface area contributed by atoms with Gasteiger partial charge in [0.15, 0.2) is 0 Å². The number of fused-ring (bicyclic) bond motifs is 1. The van der Waals surface area contributed by atoms with Crippen molar-refractivity contribution in [3.05, 3.63) is 58.6 Å². The third-order valence-electron chi connectivity index (χ3n) is 5.72. The first-order chi connectivity index (χ1) is 14.9. The fraction of sp³-hybridized carbons (Fsp3) is 0.440. The molecule has 1 aliphatic rings. The SMILES string of the molecule is CC(C)COc1ccccc1CN1CCC(c2c(C(=O)N(C)C)sc3ncccc23)C1. The number of carbonyl (C=O) groups excluding carboxylic acids is 1. The number of carbonyl (C=O) groups is 1. The van der Waals surface area contributed by atoms with Gasteiger partial charge >= 0.3 is 0 Å². The van der Waals surface area contributed by atoms with E-state index in [-0.39, 0.29) is 5.91 Å². The molecule has 1 amide bonds. The molecule has 5 nitrogen and oxygen atoms in total. The van der Waals surface area contributed by atoms with Crippen molar-refractivity contribution in [2.45, 2.75) is 32.7 Å². The van der Waals surface area contributed by atoms with E-state index in [1.807, 2.05) is 32.4 Å². The molecular formula is C25H31N3O2S. The van der Waals surface area contributed by atoms with Gasteiger partial charge in [0.1, 0.15) is 10.6 Å². The van der Waals surface area contributed by atoms with E-state index in [1.54, 1.807) is 4.90 Å². The van der Waals surface area contributed by atoms with Gasteiger partial charge in [-0.1, -0.05) is 38.1 Å². The highest BCUT2D eigenvalue weighted by Gasteiger charge is 2.31. The lowest BCUT2D eigenvalue weighted by Crippen LogP contribution is -2.23. The number of nitrogens with zero attached hydrogens (tertiary/aromatic N) is 3. The highest BCUT2D eigenvalue weighted by Crippen LogP contribution is 2.40. The minimum atomic E-state index is 0.0730. The van der Waals surface area contributed by atoms with Crippen molar-refractivity contribution < 1.29 is 9.53 Å². The van der Waals surface area contributed by atoms with E-state index in [0.717, 1.165) is 53.5 Å². The van der Waals surface area contributed by atoms with Crippen LogP contribution in [0.5, 0.6) is 5.75 Å². The summed E-state index contributed by atoms with van der Waals surface area (Å²) in [7, 11) is 3.64. The van der Waals surface area contributed by atoms with E-state index in [9.17, 15) is 4.79 Å². The minimum absolute atomic E-state index is 0.0730.